The summed E-state index contributed by atoms with van der Waals surface area (Å²) in [7, 11) is 0. The topological polar surface area (TPSA) is 64.0 Å². The Kier molecular flexibility index (Phi) is 4.65. The van der Waals surface area contributed by atoms with E-state index in [9.17, 15) is 9.59 Å². The van der Waals surface area contributed by atoms with E-state index in [1.54, 1.807) is 6.20 Å². The van der Waals surface area contributed by atoms with E-state index in [2.05, 4.69) is 10.4 Å². The minimum Gasteiger partial charge on any atom is -0.352 e. The highest BCUT2D eigenvalue weighted by molar-refractivity contribution is 5.96. The molecule has 0 aliphatic rings. The van der Waals surface area contributed by atoms with Gasteiger partial charge in [-0.3, -0.25) is 14.3 Å². The van der Waals surface area contributed by atoms with Gasteiger partial charge in [0.1, 0.15) is 5.78 Å². The maximum absolute atomic E-state index is 11.4. The second-order valence-electron chi connectivity index (χ2n) is 4.69. The van der Waals surface area contributed by atoms with E-state index >= 15 is 0 Å². The van der Waals surface area contributed by atoms with Gasteiger partial charge in [-0.2, -0.15) is 5.10 Å². The quantitative estimate of drug-likeness (QED) is 0.810. The standard InChI is InChI=1S/C15H17N3O2/c1-12(19)7-15(20)16-8-14-9-17-18(11-14)10-13-5-3-2-4-6-13/h2-6,9,11H,7-8,10H2,1H3,(H,16,20). The largest absolute Gasteiger partial charge is 0.352 e. The SMILES string of the molecule is CC(=O)CC(=O)NCc1cnn(Cc2ccccc2)c1. The van der Waals surface area contributed by atoms with Crippen LogP contribution in [-0.2, 0) is 22.7 Å². The molecule has 1 N–H and O–H groups in total. The van der Waals surface area contributed by atoms with Crippen LogP contribution in [0.4, 0.5) is 0 Å². The Labute approximate surface area is 117 Å². The number of benzene rings is 1. The lowest BCUT2D eigenvalue weighted by Gasteiger charge is -2.02. The van der Waals surface area contributed by atoms with E-state index in [1.165, 1.54) is 12.5 Å². The lowest BCUT2D eigenvalue weighted by atomic mass is 10.2. The molecule has 0 saturated heterocycles. The Morgan fingerprint density at radius 1 is 1.20 bits per heavy atom. The molecule has 20 heavy (non-hydrogen) atoms. The van der Waals surface area contributed by atoms with Crippen molar-refractivity contribution in [1.82, 2.24) is 15.1 Å². The lowest BCUT2D eigenvalue weighted by molar-refractivity contribution is -0.127. The predicted molar refractivity (Wildman–Crippen MR) is 74.9 cm³/mol. The second kappa shape index (κ2) is 6.65. The molecule has 0 atom stereocenters. The number of hydrogen-bond donors (Lipinski definition) is 1. The van der Waals surface area contributed by atoms with Crippen LogP contribution in [0.5, 0.6) is 0 Å². The van der Waals surface area contributed by atoms with E-state index in [0.717, 1.165) is 5.56 Å². The van der Waals surface area contributed by atoms with Crippen molar-refractivity contribution in [3.05, 3.63) is 53.9 Å². The summed E-state index contributed by atoms with van der Waals surface area (Å²) in [5, 5.41) is 6.94. The molecule has 0 saturated carbocycles. The van der Waals surface area contributed by atoms with Crippen molar-refractivity contribution in [2.75, 3.05) is 0 Å². The maximum Gasteiger partial charge on any atom is 0.227 e. The first-order valence-electron chi connectivity index (χ1n) is 6.45. The van der Waals surface area contributed by atoms with Crippen LogP contribution in [-0.4, -0.2) is 21.5 Å². The van der Waals surface area contributed by atoms with E-state index in [0.29, 0.717) is 13.1 Å². The third kappa shape index (κ3) is 4.35. The van der Waals surface area contributed by atoms with Crippen LogP contribution < -0.4 is 5.32 Å². The molecule has 0 bridgehead atoms. The molecule has 5 heteroatoms. The molecular weight excluding hydrogens is 254 g/mol. The Morgan fingerprint density at radius 3 is 2.65 bits per heavy atom. The zero-order chi connectivity index (χ0) is 14.4. The van der Waals surface area contributed by atoms with Crippen LogP contribution in [0.2, 0.25) is 0 Å². The molecular formula is C15H17N3O2. The summed E-state index contributed by atoms with van der Waals surface area (Å²) >= 11 is 0. The zero-order valence-corrected chi connectivity index (χ0v) is 11.4. The van der Waals surface area contributed by atoms with E-state index in [4.69, 9.17) is 0 Å². The number of nitrogens with zero attached hydrogens (tertiary/aromatic N) is 2. The summed E-state index contributed by atoms with van der Waals surface area (Å²) in [6, 6.07) is 10.0. The summed E-state index contributed by atoms with van der Waals surface area (Å²) < 4.78 is 1.82. The van der Waals surface area contributed by atoms with Crippen LogP contribution in [0.3, 0.4) is 0 Å². The summed E-state index contributed by atoms with van der Waals surface area (Å²) in [6.07, 6.45) is 3.54. The molecule has 0 aliphatic heterocycles. The first-order valence-corrected chi connectivity index (χ1v) is 6.45. The number of carbonyl (C=O) groups is 2. The van der Waals surface area contributed by atoms with Gasteiger partial charge in [-0.1, -0.05) is 30.3 Å². The molecule has 104 valence electrons. The first kappa shape index (κ1) is 14.0. The molecule has 0 fully saturated rings. The van der Waals surface area contributed by atoms with Crippen molar-refractivity contribution < 1.29 is 9.59 Å². The van der Waals surface area contributed by atoms with E-state index < -0.39 is 0 Å². The van der Waals surface area contributed by atoms with Crippen LogP contribution in [0, 0.1) is 0 Å². The fourth-order valence-electron chi connectivity index (χ4n) is 1.84. The summed E-state index contributed by atoms with van der Waals surface area (Å²) in [6.45, 7) is 2.49. The van der Waals surface area contributed by atoms with Gasteiger partial charge in [-0.25, -0.2) is 0 Å². The van der Waals surface area contributed by atoms with Crippen LogP contribution >= 0.6 is 0 Å². The fourth-order valence-corrected chi connectivity index (χ4v) is 1.84. The zero-order valence-electron chi connectivity index (χ0n) is 11.4. The Balaban J connectivity index is 1.86. The maximum atomic E-state index is 11.4. The normalized spacial score (nSPS) is 10.2. The molecule has 1 aromatic heterocycles. The van der Waals surface area contributed by atoms with Gasteiger partial charge in [0.25, 0.3) is 0 Å². The van der Waals surface area contributed by atoms with Crippen LogP contribution in [0.25, 0.3) is 0 Å². The number of nitrogens with one attached hydrogen (secondary N) is 1. The summed E-state index contributed by atoms with van der Waals surface area (Å²) in [5.74, 6) is -0.393. The van der Waals surface area contributed by atoms with E-state index in [-0.39, 0.29) is 18.1 Å². The summed E-state index contributed by atoms with van der Waals surface area (Å²) in [4.78, 5) is 22.2. The number of carbonyl (C=O) groups excluding carboxylic acids is 2. The van der Waals surface area contributed by atoms with Gasteiger partial charge in [0.2, 0.25) is 5.91 Å². The fraction of sp³-hybridized carbons (Fsp3) is 0.267. The molecule has 2 aromatic rings. The average molecular weight is 271 g/mol. The van der Waals surface area contributed by atoms with Crippen molar-refractivity contribution in [1.29, 1.82) is 0 Å². The first-order chi connectivity index (χ1) is 9.63. The minimum atomic E-state index is -0.256. The minimum absolute atomic E-state index is 0.0713. The lowest BCUT2D eigenvalue weighted by Crippen LogP contribution is -2.24. The highest BCUT2D eigenvalue weighted by atomic mass is 16.2. The van der Waals surface area contributed by atoms with Crippen molar-refractivity contribution in [2.45, 2.75) is 26.4 Å². The van der Waals surface area contributed by atoms with Crippen molar-refractivity contribution >= 4 is 11.7 Å². The molecule has 0 spiro atoms. The molecule has 0 unspecified atom stereocenters. The van der Waals surface area contributed by atoms with Crippen molar-refractivity contribution in [2.24, 2.45) is 0 Å². The summed E-state index contributed by atoms with van der Waals surface area (Å²) in [5.41, 5.74) is 2.08. The van der Waals surface area contributed by atoms with Gasteiger partial charge in [0, 0.05) is 18.3 Å². The number of aromatic nitrogens is 2. The van der Waals surface area contributed by atoms with Gasteiger partial charge in [-0.05, 0) is 12.5 Å². The average Bonchev–Trinajstić information content (AvgIpc) is 2.84. The van der Waals surface area contributed by atoms with Gasteiger partial charge in [0.15, 0.2) is 0 Å². The Morgan fingerprint density at radius 2 is 1.95 bits per heavy atom. The number of hydrogen-bond acceptors (Lipinski definition) is 3. The predicted octanol–water partition coefficient (Wildman–Crippen LogP) is 1.53. The second-order valence-corrected chi connectivity index (χ2v) is 4.69. The highest BCUT2D eigenvalue weighted by Crippen LogP contribution is 2.04. The number of amides is 1. The molecule has 0 radical (unpaired) electrons. The monoisotopic (exact) mass is 271 g/mol. The van der Waals surface area contributed by atoms with Crippen molar-refractivity contribution in [3.63, 3.8) is 0 Å². The van der Waals surface area contributed by atoms with Crippen molar-refractivity contribution in [3.8, 4) is 0 Å². The van der Waals surface area contributed by atoms with E-state index in [1.807, 2.05) is 41.2 Å². The van der Waals surface area contributed by atoms with Gasteiger partial charge in [-0.15, -0.1) is 0 Å². The highest BCUT2D eigenvalue weighted by Gasteiger charge is 2.05. The van der Waals surface area contributed by atoms with Crippen LogP contribution in [0.15, 0.2) is 42.7 Å². The Hall–Kier alpha value is -2.43. The molecule has 1 aromatic carbocycles. The Bertz CT molecular complexity index is 590. The van der Waals surface area contributed by atoms with Gasteiger partial charge >= 0.3 is 0 Å². The number of ketones is 1. The number of Topliss-reactive ketones (excluding diaryl/α,β-unsaturated/α-hetero) is 1. The smallest absolute Gasteiger partial charge is 0.227 e. The third-order valence-electron chi connectivity index (χ3n) is 2.77. The molecule has 1 amide bonds. The van der Waals surface area contributed by atoms with Gasteiger partial charge < -0.3 is 5.32 Å². The van der Waals surface area contributed by atoms with Crippen LogP contribution in [0.1, 0.15) is 24.5 Å². The number of rotatable bonds is 6. The van der Waals surface area contributed by atoms with Gasteiger partial charge in [0.05, 0.1) is 19.2 Å². The third-order valence-corrected chi connectivity index (χ3v) is 2.77. The molecule has 2 rings (SSSR count). The molecule has 0 aliphatic carbocycles. The molecule has 5 nitrogen and oxygen atoms in total. The molecule has 1 heterocycles.